The Bertz CT molecular complexity index is 1120. The van der Waals surface area contributed by atoms with Crippen LogP contribution in [0.4, 0.5) is 5.82 Å². The lowest BCUT2D eigenvalue weighted by atomic mass is 10.1. The lowest BCUT2D eigenvalue weighted by molar-refractivity contribution is -0.0503. The minimum absolute atomic E-state index is 0.231. The molecule has 3 heterocycles. The van der Waals surface area contributed by atoms with Gasteiger partial charge in [-0.15, -0.1) is 0 Å². The number of aromatic nitrogens is 4. The lowest BCUT2D eigenvalue weighted by Gasteiger charge is -2.19. The first-order valence-corrected chi connectivity index (χ1v) is 12.9. The van der Waals surface area contributed by atoms with Gasteiger partial charge in [-0.05, 0) is 0 Å². The third-order valence-corrected chi connectivity index (χ3v) is 7.83. The molecular formula is C11H18N5O13P3. The molecule has 0 spiro atoms. The molecule has 3 rings (SSSR count). The minimum atomic E-state index is -5.70. The van der Waals surface area contributed by atoms with Crippen molar-refractivity contribution < 1.29 is 61.4 Å². The van der Waals surface area contributed by atoms with E-state index in [9.17, 15) is 28.8 Å². The summed E-state index contributed by atoms with van der Waals surface area (Å²) in [5.41, 5.74) is 0.561. The second kappa shape index (κ2) is 9.12. The third-order valence-electron chi connectivity index (χ3n) is 4.02. The molecule has 0 amide bonds. The van der Waals surface area contributed by atoms with Crippen molar-refractivity contribution in [3.05, 3.63) is 12.7 Å². The first-order valence-electron chi connectivity index (χ1n) is 8.38. The molecule has 0 bridgehead atoms. The Kier molecular flexibility index (Phi) is 7.20. The van der Waals surface area contributed by atoms with Gasteiger partial charge >= 0.3 is 23.5 Å². The molecule has 1 fully saturated rings. The molecule has 2 aromatic rings. The van der Waals surface area contributed by atoms with E-state index in [-0.39, 0.29) is 5.65 Å². The molecule has 1 aliphatic rings. The summed E-state index contributed by atoms with van der Waals surface area (Å²) in [4.78, 5) is 47.8. The lowest BCUT2D eigenvalue weighted by Crippen LogP contribution is -2.33. The van der Waals surface area contributed by atoms with Crippen LogP contribution >= 0.6 is 23.5 Å². The number of phosphoric ester groups is 1. The molecule has 18 nitrogen and oxygen atoms in total. The molecule has 1 aliphatic heterocycles. The van der Waals surface area contributed by atoms with E-state index >= 15 is 0 Å². The Hall–Kier alpha value is -1.36. The number of imidazole rings is 1. The van der Waals surface area contributed by atoms with Crippen LogP contribution in [0.3, 0.4) is 0 Å². The Morgan fingerprint density at radius 2 is 1.75 bits per heavy atom. The molecule has 0 radical (unpaired) electrons. The molecule has 0 saturated carbocycles. The van der Waals surface area contributed by atoms with Gasteiger partial charge in [-0.2, -0.15) is 8.62 Å². The van der Waals surface area contributed by atoms with Crippen molar-refractivity contribution >= 4 is 40.4 Å². The quantitative estimate of drug-likeness (QED) is 0.192. The number of hydrogen-bond donors (Lipinski definition) is 7. The Morgan fingerprint density at radius 3 is 2.38 bits per heavy atom. The van der Waals surface area contributed by atoms with Gasteiger partial charge in [0.2, 0.25) is 0 Å². The van der Waals surface area contributed by atoms with Crippen LogP contribution in [0.2, 0.25) is 0 Å². The second-order valence-corrected chi connectivity index (χ2v) is 10.6. The summed E-state index contributed by atoms with van der Waals surface area (Å²) < 4.78 is 52.1. The average Bonchev–Trinajstić information content (AvgIpc) is 3.19. The molecule has 0 aromatic carbocycles. The summed E-state index contributed by atoms with van der Waals surface area (Å²) in [6.45, 7) is -0.943. The molecular weight excluding hydrogens is 503 g/mol. The number of rotatable bonds is 9. The van der Waals surface area contributed by atoms with Gasteiger partial charge in [-0.3, -0.25) is 9.09 Å². The predicted octanol–water partition coefficient (Wildman–Crippen LogP) is -1.17. The van der Waals surface area contributed by atoms with Crippen LogP contribution in [0.1, 0.15) is 6.23 Å². The predicted molar refractivity (Wildman–Crippen MR) is 101 cm³/mol. The number of anilines is 1. The average molecular weight is 521 g/mol. The number of fused-ring (bicyclic) bond motifs is 1. The van der Waals surface area contributed by atoms with E-state index in [2.05, 4.69) is 33.4 Å². The van der Waals surface area contributed by atoms with Gasteiger partial charge in [0.05, 0.1) is 12.9 Å². The molecule has 7 N–H and O–H groups in total. The first kappa shape index (κ1) is 25.3. The van der Waals surface area contributed by atoms with E-state index in [4.69, 9.17) is 19.4 Å². The number of nitrogens with one attached hydrogen (secondary N) is 1. The highest BCUT2D eigenvalue weighted by molar-refractivity contribution is 7.66. The van der Waals surface area contributed by atoms with Crippen molar-refractivity contribution in [3.63, 3.8) is 0 Å². The number of nitrogens with zero attached hydrogens (tertiary/aromatic N) is 4. The van der Waals surface area contributed by atoms with E-state index in [0.717, 1.165) is 0 Å². The SMILES string of the molecule is CNc1ncnc2c1ncn2C1OC(COP(=O)(O)OP(=O)(O)OP(=O)(O)O)C(O)C1O. The smallest absolute Gasteiger partial charge is 0.387 e. The number of hydrogen-bond acceptors (Lipinski definition) is 13. The zero-order valence-corrected chi connectivity index (χ0v) is 18.5. The standard InChI is InChI=1S/C11H18N5O13P3/c1-12-9-6-10(14-3-13-9)16(4-15-6)11-8(18)7(17)5(27-11)2-26-31(22,23)29-32(24,25)28-30(19,20)21/h3-5,7-8,11,17-18H,2H2,1H3,(H,22,23)(H,24,25)(H,12,13,14)(H2,19,20,21). The Labute approximate surface area is 178 Å². The van der Waals surface area contributed by atoms with E-state index < -0.39 is 54.6 Å². The Morgan fingerprint density at radius 1 is 1.06 bits per heavy atom. The van der Waals surface area contributed by atoms with Crippen molar-refractivity contribution in [2.24, 2.45) is 0 Å². The van der Waals surface area contributed by atoms with Gasteiger partial charge < -0.3 is 39.8 Å². The summed E-state index contributed by atoms with van der Waals surface area (Å²) in [5.74, 6) is 0.381. The molecule has 0 aliphatic carbocycles. The van der Waals surface area contributed by atoms with E-state index in [0.29, 0.717) is 11.3 Å². The van der Waals surface area contributed by atoms with Crippen molar-refractivity contribution in [1.82, 2.24) is 19.5 Å². The maximum atomic E-state index is 11.8. The van der Waals surface area contributed by atoms with Crippen molar-refractivity contribution in [2.75, 3.05) is 19.0 Å². The van der Waals surface area contributed by atoms with Gasteiger partial charge in [0, 0.05) is 7.05 Å². The largest absolute Gasteiger partial charge is 0.490 e. The highest BCUT2D eigenvalue weighted by atomic mass is 31.3. The van der Waals surface area contributed by atoms with Gasteiger partial charge in [0.15, 0.2) is 17.7 Å². The van der Waals surface area contributed by atoms with E-state index in [1.54, 1.807) is 7.05 Å². The van der Waals surface area contributed by atoms with Gasteiger partial charge in [0.1, 0.15) is 30.2 Å². The normalized spacial score (nSPS) is 27.8. The van der Waals surface area contributed by atoms with Crippen molar-refractivity contribution in [3.8, 4) is 0 Å². The van der Waals surface area contributed by atoms with Crippen LogP contribution < -0.4 is 5.32 Å². The molecule has 1 saturated heterocycles. The van der Waals surface area contributed by atoms with E-state index in [1.165, 1.54) is 17.2 Å². The second-order valence-electron chi connectivity index (χ2n) is 6.23. The van der Waals surface area contributed by atoms with Crippen LogP contribution in [0.5, 0.6) is 0 Å². The molecule has 6 atom stereocenters. The van der Waals surface area contributed by atoms with Gasteiger partial charge in [-0.25, -0.2) is 28.6 Å². The monoisotopic (exact) mass is 521 g/mol. The fourth-order valence-corrected chi connectivity index (χ4v) is 5.82. The fourth-order valence-electron chi connectivity index (χ4n) is 2.79. The number of ether oxygens (including phenoxy) is 1. The van der Waals surface area contributed by atoms with Crippen LogP contribution in [0, 0.1) is 0 Å². The summed E-state index contributed by atoms with van der Waals surface area (Å²) in [6.07, 6.45) is -3.46. The molecule has 21 heteroatoms. The topological polar surface area (TPSA) is 265 Å². The Balaban J connectivity index is 1.70. The van der Waals surface area contributed by atoms with Crippen molar-refractivity contribution in [1.29, 1.82) is 0 Å². The van der Waals surface area contributed by atoms with Gasteiger partial charge in [0.25, 0.3) is 0 Å². The zero-order valence-electron chi connectivity index (χ0n) is 15.8. The molecule has 6 unspecified atom stereocenters. The van der Waals surface area contributed by atoms with Crippen LogP contribution in [-0.2, 0) is 31.6 Å². The number of aliphatic hydroxyl groups is 2. The third kappa shape index (κ3) is 5.76. The zero-order chi connectivity index (χ0) is 23.9. The summed E-state index contributed by atoms with van der Waals surface area (Å²) >= 11 is 0. The summed E-state index contributed by atoms with van der Waals surface area (Å²) in [6, 6.07) is 0. The maximum absolute atomic E-state index is 11.8. The molecule has 32 heavy (non-hydrogen) atoms. The molecule has 2 aromatic heterocycles. The van der Waals surface area contributed by atoms with Crippen LogP contribution in [0.15, 0.2) is 12.7 Å². The molecule has 180 valence electrons. The summed E-state index contributed by atoms with van der Waals surface area (Å²) in [7, 11) is -15.1. The fraction of sp³-hybridized carbons (Fsp3) is 0.545. The first-order chi connectivity index (χ1) is 14.7. The van der Waals surface area contributed by atoms with Crippen LogP contribution in [-0.4, -0.2) is 81.3 Å². The highest BCUT2D eigenvalue weighted by Gasteiger charge is 2.47. The number of phosphoric acid groups is 3. The number of aliphatic hydroxyl groups excluding tert-OH is 2. The maximum Gasteiger partial charge on any atom is 0.490 e. The minimum Gasteiger partial charge on any atom is -0.387 e. The van der Waals surface area contributed by atoms with Crippen LogP contribution in [0.25, 0.3) is 11.2 Å². The highest BCUT2D eigenvalue weighted by Crippen LogP contribution is 2.66. The summed E-state index contributed by atoms with van der Waals surface area (Å²) in [5, 5.41) is 23.3. The van der Waals surface area contributed by atoms with E-state index in [1.807, 2.05) is 0 Å². The van der Waals surface area contributed by atoms with Crippen molar-refractivity contribution in [2.45, 2.75) is 24.5 Å². The van der Waals surface area contributed by atoms with Gasteiger partial charge in [-0.1, -0.05) is 0 Å².